The third kappa shape index (κ3) is 1.73. The summed E-state index contributed by atoms with van der Waals surface area (Å²) in [4.78, 5) is 11.1. The molecule has 2 nitrogen and oxygen atoms in total. The minimum Gasteiger partial charge on any atom is -0.377 e. The molecule has 0 fully saturated rings. The van der Waals surface area contributed by atoms with E-state index < -0.39 is 0 Å². The van der Waals surface area contributed by atoms with E-state index in [0.29, 0.717) is 6.42 Å². The topological polar surface area (TPSA) is 26.3 Å². The predicted molar refractivity (Wildman–Crippen MR) is 50.4 cm³/mol. The zero-order chi connectivity index (χ0) is 9.26. The van der Waals surface area contributed by atoms with Crippen molar-refractivity contribution >= 4 is 5.78 Å². The normalized spacial score (nSPS) is 27.8. The molecule has 2 aliphatic rings. The Bertz CT molecular complexity index is 286. The molecule has 0 spiro atoms. The molecular formula is C11H14O2. The third-order valence-electron chi connectivity index (χ3n) is 2.78. The second-order valence-corrected chi connectivity index (χ2v) is 3.64. The summed E-state index contributed by atoms with van der Waals surface area (Å²) in [5.41, 5.74) is 2.57. The van der Waals surface area contributed by atoms with E-state index in [1.54, 1.807) is 13.2 Å². The van der Waals surface area contributed by atoms with E-state index in [9.17, 15) is 4.79 Å². The van der Waals surface area contributed by atoms with Gasteiger partial charge < -0.3 is 4.74 Å². The number of rotatable bonds is 1. The van der Waals surface area contributed by atoms with Crippen LogP contribution >= 0.6 is 0 Å². The van der Waals surface area contributed by atoms with E-state index in [2.05, 4.69) is 6.08 Å². The monoisotopic (exact) mass is 178 g/mol. The van der Waals surface area contributed by atoms with Crippen molar-refractivity contribution in [2.75, 3.05) is 7.11 Å². The highest BCUT2D eigenvalue weighted by Crippen LogP contribution is 2.31. The summed E-state index contributed by atoms with van der Waals surface area (Å²) in [5.74, 6) is 0.281. The van der Waals surface area contributed by atoms with Gasteiger partial charge >= 0.3 is 0 Å². The van der Waals surface area contributed by atoms with Crippen molar-refractivity contribution in [3.8, 4) is 0 Å². The molecule has 1 unspecified atom stereocenters. The molecule has 0 amide bonds. The number of hydrogen-bond donors (Lipinski definition) is 0. The van der Waals surface area contributed by atoms with E-state index in [4.69, 9.17) is 4.74 Å². The number of carbonyl (C=O) groups is 1. The highest BCUT2D eigenvalue weighted by Gasteiger charge is 2.21. The number of fused-ring (bicyclic) bond motifs is 1. The standard InChI is InChI=1S/C11H14O2/c1-13-11-5-3-8-6-10(12)4-2-9(8)7-11/h6-7,11H,2-5H2,1H3. The zero-order valence-corrected chi connectivity index (χ0v) is 7.88. The Morgan fingerprint density at radius 3 is 2.92 bits per heavy atom. The van der Waals surface area contributed by atoms with Crippen molar-refractivity contribution in [1.82, 2.24) is 0 Å². The van der Waals surface area contributed by atoms with Gasteiger partial charge in [-0.25, -0.2) is 0 Å². The number of ketones is 1. The van der Waals surface area contributed by atoms with Gasteiger partial charge in [0.25, 0.3) is 0 Å². The second kappa shape index (κ2) is 3.46. The zero-order valence-electron chi connectivity index (χ0n) is 7.88. The van der Waals surface area contributed by atoms with Crippen LogP contribution in [0.25, 0.3) is 0 Å². The SMILES string of the molecule is COC1C=C2CCC(=O)C=C2CC1. The summed E-state index contributed by atoms with van der Waals surface area (Å²) >= 11 is 0. The van der Waals surface area contributed by atoms with Crippen LogP contribution in [0.5, 0.6) is 0 Å². The van der Waals surface area contributed by atoms with Crippen molar-refractivity contribution in [3.05, 3.63) is 23.3 Å². The number of carbonyl (C=O) groups excluding carboxylic acids is 1. The third-order valence-corrected chi connectivity index (χ3v) is 2.78. The molecule has 0 aliphatic heterocycles. The molecule has 1 atom stereocenters. The van der Waals surface area contributed by atoms with Gasteiger partial charge in [0.05, 0.1) is 6.10 Å². The quantitative estimate of drug-likeness (QED) is 0.614. The minimum atomic E-state index is 0.264. The van der Waals surface area contributed by atoms with Gasteiger partial charge in [0.1, 0.15) is 0 Å². The van der Waals surface area contributed by atoms with E-state index in [0.717, 1.165) is 19.3 Å². The summed E-state index contributed by atoms with van der Waals surface area (Å²) in [6.45, 7) is 0. The maximum Gasteiger partial charge on any atom is 0.156 e. The summed E-state index contributed by atoms with van der Waals surface area (Å²) in [6.07, 6.45) is 7.83. The lowest BCUT2D eigenvalue weighted by molar-refractivity contribution is -0.114. The first-order chi connectivity index (χ1) is 6.29. The Balaban J connectivity index is 2.24. The fourth-order valence-electron chi connectivity index (χ4n) is 1.99. The van der Waals surface area contributed by atoms with Crippen molar-refractivity contribution < 1.29 is 9.53 Å². The molecule has 13 heavy (non-hydrogen) atoms. The lowest BCUT2D eigenvalue weighted by Crippen LogP contribution is -2.17. The Morgan fingerprint density at radius 2 is 2.15 bits per heavy atom. The molecule has 2 rings (SSSR count). The van der Waals surface area contributed by atoms with Gasteiger partial charge in [0.15, 0.2) is 5.78 Å². The van der Waals surface area contributed by atoms with Crippen LogP contribution in [0.1, 0.15) is 25.7 Å². The van der Waals surface area contributed by atoms with Crippen molar-refractivity contribution in [2.45, 2.75) is 31.8 Å². The molecule has 70 valence electrons. The smallest absolute Gasteiger partial charge is 0.156 e. The molecular weight excluding hydrogens is 164 g/mol. The van der Waals surface area contributed by atoms with Gasteiger partial charge in [-0.3, -0.25) is 4.79 Å². The van der Waals surface area contributed by atoms with Crippen LogP contribution in [0, 0.1) is 0 Å². The van der Waals surface area contributed by atoms with E-state index in [-0.39, 0.29) is 11.9 Å². The first-order valence-corrected chi connectivity index (χ1v) is 4.77. The lowest BCUT2D eigenvalue weighted by Gasteiger charge is -2.24. The molecule has 0 aromatic rings. The van der Waals surface area contributed by atoms with E-state index in [1.165, 1.54) is 11.1 Å². The molecule has 2 heteroatoms. The molecule has 0 saturated carbocycles. The number of allylic oxidation sites excluding steroid dienone is 3. The molecule has 0 heterocycles. The first-order valence-electron chi connectivity index (χ1n) is 4.77. The number of hydrogen-bond acceptors (Lipinski definition) is 2. The van der Waals surface area contributed by atoms with Crippen molar-refractivity contribution in [1.29, 1.82) is 0 Å². The first kappa shape index (κ1) is 8.70. The van der Waals surface area contributed by atoms with Crippen LogP contribution in [0.2, 0.25) is 0 Å². The molecule has 0 N–H and O–H groups in total. The maximum absolute atomic E-state index is 11.1. The molecule has 2 aliphatic carbocycles. The highest BCUT2D eigenvalue weighted by atomic mass is 16.5. The number of methoxy groups -OCH3 is 1. The van der Waals surface area contributed by atoms with Crippen LogP contribution in [-0.2, 0) is 9.53 Å². The number of ether oxygens (including phenoxy) is 1. The average Bonchev–Trinajstić information content (AvgIpc) is 2.17. The van der Waals surface area contributed by atoms with Crippen LogP contribution < -0.4 is 0 Å². The summed E-state index contributed by atoms with van der Waals surface area (Å²) in [5, 5.41) is 0. The van der Waals surface area contributed by atoms with Crippen molar-refractivity contribution in [3.63, 3.8) is 0 Å². The molecule has 0 bridgehead atoms. The Kier molecular flexibility index (Phi) is 2.32. The summed E-state index contributed by atoms with van der Waals surface area (Å²) in [6, 6.07) is 0. The van der Waals surface area contributed by atoms with Crippen molar-refractivity contribution in [2.24, 2.45) is 0 Å². The van der Waals surface area contributed by atoms with E-state index >= 15 is 0 Å². The van der Waals surface area contributed by atoms with Gasteiger partial charge in [-0.05, 0) is 36.5 Å². The maximum atomic E-state index is 11.1. The van der Waals surface area contributed by atoms with Crippen LogP contribution in [-0.4, -0.2) is 19.0 Å². The average molecular weight is 178 g/mol. The van der Waals surface area contributed by atoms with Crippen LogP contribution in [0.3, 0.4) is 0 Å². The minimum absolute atomic E-state index is 0.264. The van der Waals surface area contributed by atoms with Crippen LogP contribution in [0.15, 0.2) is 23.3 Å². The Morgan fingerprint density at radius 1 is 1.31 bits per heavy atom. The highest BCUT2D eigenvalue weighted by molar-refractivity contribution is 5.92. The van der Waals surface area contributed by atoms with E-state index in [1.807, 2.05) is 0 Å². The predicted octanol–water partition coefficient (Wildman–Crippen LogP) is 2.01. The van der Waals surface area contributed by atoms with Gasteiger partial charge in [0.2, 0.25) is 0 Å². The van der Waals surface area contributed by atoms with Gasteiger partial charge in [-0.1, -0.05) is 6.08 Å². The molecule has 0 saturated heterocycles. The lowest BCUT2D eigenvalue weighted by atomic mass is 9.84. The van der Waals surface area contributed by atoms with Gasteiger partial charge in [0, 0.05) is 13.5 Å². The molecule has 0 aromatic heterocycles. The van der Waals surface area contributed by atoms with Gasteiger partial charge in [-0.15, -0.1) is 0 Å². The fraction of sp³-hybridized carbons (Fsp3) is 0.545. The Hall–Kier alpha value is -0.890. The largest absolute Gasteiger partial charge is 0.377 e. The summed E-state index contributed by atoms with van der Waals surface area (Å²) < 4.78 is 5.28. The molecule has 0 aromatic carbocycles. The second-order valence-electron chi connectivity index (χ2n) is 3.64. The molecule has 0 radical (unpaired) electrons. The summed E-state index contributed by atoms with van der Waals surface area (Å²) in [7, 11) is 1.74. The Labute approximate surface area is 78.3 Å². The fourth-order valence-corrected chi connectivity index (χ4v) is 1.99. The van der Waals surface area contributed by atoms with Gasteiger partial charge in [-0.2, -0.15) is 0 Å². The van der Waals surface area contributed by atoms with Crippen LogP contribution in [0.4, 0.5) is 0 Å².